The van der Waals surface area contributed by atoms with Crippen LogP contribution in [0.5, 0.6) is 5.75 Å². The standard InChI is InChI=1S/C19H29N3O3/c1-5-10-20-17(23)19(2,3)18(24)22-13-11-21(12-14-22)15-6-8-16(25-4)9-7-15/h6-9H,5,10-14H2,1-4H3,(H,20,23). The lowest BCUT2D eigenvalue weighted by Gasteiger charge is -2.39. The second-order valence-corrected chi connectivity index (χ2v) is 6.86. The van der Waals surface area contributed by atoms with Gasteiger partial charge in [0.2, 0.25) is 11.8 Å². The number of nitrogens with one attached hydrogen (secondary N) is 1. The summed E-state index contributed by atoms with van der Waals surface area (Å²) in [5, 5.41) is 2.83. The van der Waals surface area contributed by atoms with E-state index in [0.717, 1.165) is 30.9 Å². The molecule has 1 aromatic carbocycles. The Kier molecular flexibility index (Phi) is 6.28. The maximum absolute atomic E-state index is 12.8. The van der Waals surface area contributed by atoms with Crippen LogP contribution in [0.1, 0.15) is 27.2 Å². The summed E-state index contributed by atoms with van der Waals surface area (Å²) in [4.78, 5) is 29.1. The molecule has 1 aliphatic heterocycles. The molecule has 1 heterocycles. The highest BCUT2D eigenvalue weighted by Crippen LogP contribution is 2.23. The zero-order valence-electron chi connectivity index (χ0n) is 15.7. The summed E-state index contributed by atoms with van der Waals surface area (Å²) in [6, 6.07) is 7.93. The number of methoxy groups -OCH3 is 1. The highest BCUT2D eigenvalue weighted by Gasteiger charge is 2.39. The first-order chi connectivity index (χ1) is 11.9. The number of nitrogens with zero attached hydrogens (tertiary/aromatic N) is 2. The van der Waals surface area contributed by atoms with E-state index in [1.54, 1.807) is 25.9 Å². The van der Waals surface area contributed by atoms with Crippen LogP contribution in [0.4, 0.5) is 5.69 Å². The van der Waals surface area contributed by atoms with Crippen LogP contribution in [-0.4, -0.2) is 56.5 Å². The molecule has 0 unspecified atom stereocenters. The predicted molar refractivity (Wildman–Crippen MR) is 98.9 cm³/mol. The van der Waals surface area contributed by atoms with E-state index in [2.05, 4.69) is 10.2 Å². The second-order valence-electron chi connectivity index (χ2n) is 6.86. The maximum atomic E-state index is 12.8. The highest BCUT2D eigenvalue weighted by atomic mass is 16.5. The largest absolute Gasteiger partial charge is 0.497 e. The number of amides is 2. The average molecular weight is 347 g/mol. The maximum Gasteiger partial charge on any atom is 0.237 e. The molecule has 1 aromatic rings. The van der Waals surface area contributed by atoms with Gasteiger partial charge in [-0.2, -0.15) is 0 Å². The van der Waals surface area contributed by atoms with E-state index in [4.69, 9.17) is 4.74 Å². The molecule has 2 amide bonds. The summed E-state index contributed by atoms with van der Waals surface area (Å²) in [6.45, 7) is 8.75. The van der Waals surface area contributed by atoms with Crippen molar-refractivity contribution in [2.24, 2.45) is 5.41 Å². The second kappa shape index (κ2) is 8.23. The van der Waals surface area contributed by atoms with Gasteiger partial charge in [0.25, 0.3) is 0 Å². The first-order valence-electron chi connectivity index (χ1n) is 8.86. The Morgan fingerprint density at radius 3 is 2.24 bits per heavy atom. The minimum absolute atomic E-state index is 0.101. The minimum atomic E-state index is -1.03. The molecule has 0 aromatic heterocycles. The molecule has 0 saturated carbocycles. The van der Waals surface area contributed by atoms with Gasteiger partial charge in [-0.05, 0) is 44.5 Å². The smallest absolute Gasteiger partial charge is 0.237 e. The topological polar surface area (TPSA) is 61.9 Å². The third-order valence-electron chi connectivity index (χ3n) is 4.64. The third kappa shape index (κ3) is 4.44. The molecule has 1 saturated heterocycles. The van der Waals surface area contributed by atoms with Gasteiger partial charge in [-0.25, -0.2) is 0 Å². The van der Waals surface area contributed by atoms with Crippen molar-refractivity contribution >= 4 is 17.5 Å². The van der Waals surface area contributed by atoms with Crippen LogP contribution in [0, 0.1) is 5.41 Å². The molecule has 1 N–H and O–H groups in total. The predicted octanol–water partition coefficient (Wildman–Crippen LogP) is 1.90. The summed E-state index contributed by atoms with van der Waals surface area (Å²) < 4.78 is 5.18. The molecule has 0 spiro atoms. The van der Waals surface area contributed by atoms with Gasteiger partial charge < -0.3 is 19.9 Å². The number of carbonyl (C=O) groups is 2. The minimum Gasteiger partial charge on any atom is -0.497 e. The van der Waals surface area contributed by atoms with E-state index in [0.29, 0.717) is 19.6 Å². The number of hydrogen-bond donors (Lipinski definition) is 1. The molecule has 0 atom stereocenters. The van der Waals surface area contributed by atoms with Crippen molar-refractivity contribution in [3.8, 4) is 5.75 Å². The Morgan fingerprint density at radius 1 is 1.12 bits per heavy atom. The van der Waals surface area contributed by atoms with Crippen LogP contribution < -0.4 is 15.0 Å². The van der Waals surface area contributed by atoms with Gasteiger partial charge >= 0.3 is 0 Å². The quantitative estimate of drug-likeness (QED) is 0.799. The monoisotopic (exact) mass is 347 g/mol. The van der Waals surface area contributed by atoms with E-state index in [1.807, 2.05) is 31.2 Å². The normalized spacial score (nSPS) is 15.0. The molecule has 6 heteroatoms. The van der Waals surface area contributed by atoms with Crippen molar-refractivity contribution in [2.45, 2.75) is 27.2 Å². The van der Waals surface area contributed by atoms with Gasteiger partial charge in [-0.15, -0.1) is 0 Å². The number of benzene rings is 1. The number of piperazine rings is 1. The van der Waals surface area contributed by atoms with E-state index in [-0.39, 0.29) is 11.8 Å². The fraction of sp³-hybridized carbons (Fsp3) is 0.579. The van der Waals surface area contributed by atoms with Crippen molar-refractivity contribution in [3.63, 3.8) is 0 Å². The molecule has 0 radical (unpaired) electrons. The van der Waals surface area contributed by atoms with E-state index in [1.165, 1.54) is 0 Å². The molecule has 2 rings (SSSR count). The van der Waals surface area contributed by atoms with E-state index in [9.17, 15) is 9.59 Å². The Hall–Kier alpha value is -2.24. The lowest BCUT2D eigenvalue weighted by molar-refractivity contribution is -0.148. The number of rotatable bonds is 6. The average Bonchev–Trinajstić information content (AvgIpc) is 2.65. The van der Waals surface area contributed by atoms with Gasteiger partial charge in [0.15, 0.2) is 0 Å². The van der Waals surface area contributed by atoms with Crippen LogP contribution in [0.2, 0.25) is 0 Å². The Balaban J connectivity index is 1.94. The van der Waals surface area contributed by atoms with Gasteiger partial charge in [0.05, 0.1) is 7.11 Å². The van der Waals surface area contributed by atoms with Crippen molar-refractivity contribution in [3.05, 3.63) is 24.3 Å². The van der Waals surface area contributed by atoms with Crippen molar-refractivity contribution in [1.29, 1.82) is 0 Å². The zero-order valence-corrected chi connectivity index (χ0v) is 15.7. The van der Waals surface area contributed by atoms with Crippen LogP contribution in [-0.2, 0) is 9.59 Å². The molecule has 1 aliphatic rings. The summed E-state index contributed by atoms with van der Waals surface area (Å²) in [7, 11) is 1.65. The summed E-state index contributed by atoms with van der Waals surface area (Å²) in [6.07, 6.45) is 0.858. The molecule has 0 aliphatic carbocycles. The molecule has 1 fully saturated rings. The van der Waals surface area contributed by atoms with Crippen molar-refractivity contribution in [2.75, 3.05) is 44.7 Å². The first-order valence-corrected chi connectivity index (χ1v) is 8.86. The van der Waals surface area contributed by atoms with Crippen molar-refractivity contribution in [1.82, 2.24) is 10.2 Å². The Labute approximate surface area is 150 Å². The van der Waals surface area contributed by atoms with Crippen LogP contribution in [0.3, 0.4) is 0 Å². The molecule has 138 valence electrons. The van der Waals surface area contributed by atoms with E-state index < -0.39 is 5.41 Å². The van der Waals surface area contributed by atoms with Gasteiger partial charge in [-0.3, -0.25) is 9.59 Å². The number of hydrogen-bond acceptors (Lipinski definition) is 4. The molecule has 25 heavy (non-hydrogen) atoms. The van der Waals surface area contributed by atoms with Gasteiger partial charge in [0, 0.05) is 38.4 Å². The van der Waals surface area contributed by atoms with E-state index >= 15 is 0 Å². The lowest BCUT2D eigenvalue weighted by Crippen LogP contribution is -2.55. The van der Waals surface area contributed by atoms with Gasteiger partial charge in [0.1, 0.15) is 11.2 Å². The summed E-state index contributed by atoms with van der Waals surface area (Å²) >= 11 is 0. The number of anilines is 1. The van der Waals surface area contributed by atoms with Crippen LogP contribution in [0.15, 0.2) is 24.3 Å². The third-order valence-corrected chi connectivity index (χ3v) is 4.64. The first kappa shape index (κ1) is 19.1. The SMILES string of the molecule is CCCNC(=O)C(C)(C)C(=O)N1CCN(c2ccc(OC)cc2)CC1. The highest BCUT2D eigenvalue weighted by molar-refractivity contribution is 6.04. The molecule has 6 nitrogen and oxygen atoms in total. The number of carbonyl (C=O) groups excluding carboxylic acids is 2. The summed E-state index contributed by atoms with van der Waals surface area (Å²) in [5.41, 5.74) is 0.0881. The van der Waals surface area contributed by atoms with Crippen molar-refractivity contribution < 1.29 is 14.3 Å². The Morgan fingerprint density at radius 2 is 1.72 bits per heavy atom. The van der Waals surface area contributed by atoms with Crippen LogP contribution >= 0.6 is 0 Å². The molecule has 0 bridgehead atoms. The number of ether oxygens (including phenoxy) is 1. The fourth-order valence-corrected chi connectivity index (χ4v) is 2.91. The Bertz CT molecular complexity index is 590. The molecular weight excluding hydrogens is 318 g/mol. The zero-order chi connectivity index (χ0) is 18.4. The van der Waals surface area contributed by atoms with Crippen LogP contribution in [0.25, 0.3) is 0 Å². The lowest BCUT2D eigenvalue weighted by atomic mass is 9.90. The fourth-order valence-electron chi connectivity index (χ4n) is 2.91. The summed E-state index contributed by atoms with van der Waals surface area (Å²) in [5.74, 6) is 0.532. The van der Waals surface area contributed by atoms with Gasteiger partial charge in [-0.1, -0.05) is 6.92 Å². The molecular formula is C19H29N3O3.